The van der Waals surface area contributed by atoms with Crippen LogP contribution in [0.1, 0.15) is 12.8 Å². The van der Waals surface area contributed by atoms with Gasteiger partial charge in [-0.1, -0.05) is 12.1 Å². The van der Waals surface area contributed by atoms with E-state index < -0.39 is 36.3 Å². The molecule has 0 aliphatic heterocycles. The van der Waals surface area contributed by atoms with E-state index in [0.29, 0.717) is 23.9 Å². The Morgan fingerprint density at radius 1 is 1.35 bits per heavy atom. The minimum Gasteiger partial charge on any atom is -0.451 e. The third-order valence-corrected chi connectivity index (χ3v) is 3.67. The molecule has 0 unspecified atom stereocenters. The lowest BCUT2D eigenvalue weighted by molar-refractivity contribution is -0.226. The third-order valence-electron chi connectivity index (χ3n) is 3.67. The van der Waals surface area contributed by atoms with E-state index in [9.17, 15) is 22.8 Å². The van der Waals surface area contributed by atoms with Crippen LogP contribution < -0.4 is 5.56 Å². The first-order chi connectivity index (χ1) is 10.9. The molecule has 23 heavy (non-hydrogen) atoms. The van der Waals surface area contributed by atoms with E-state index in [2.05, 4.69) is 9.72 Å². The number of rotatable bonds is 4. The molecule has 1 aromatic carbocycles. The van der Waals surface area contributed by atoms with Gasteiger partial charge in [0.15, 0.2) is 6.10 Å². The Morgan fingerprint density at radius 3 is 2.70 bits per heavy atom. The summed E-state index contributed by atoms with van der Waals surface area (Å²) in [6.45, 7) is -0.582. The van der Waals surface area contributed by atoms with E-state index in [0.717, 1.165) is 10.8 Å². The van der Waals surface area contributed by atoms with Gasteiger partial charge in [-0.3, -0.25) is 14.2 Å². The minimum absolute atomic E-state index is 0.368. The van der Waals surface area contributed by atoms with Gasteiger partial charge in [0.25, 0.3) is 5.56 Å². The maximum Gasteiger partial charge on any atom is 0.425 e. The highest BCUT2D eigenvalue weighted by Crippen LogP contribution is 2.42. The Hall–Kier alpha value is -2.38. The molecule has 0 N–H and O–H groups in total. The number of nitrogens with zero attached hydrogens (tertiary/aromatic N) is 2. The van der Waals surface area contributed by atoms with E-state index in [1.54, 1.807) is 24.3 Å². The van der Waals surface area contributed by atoms with Gasteiger partial charge in [-0.2, -0.15) is 13.2 Å². The summed E-state index contributed by atoms with van der Waals surface area (Å²) >= 11 is 0. The second kappa shape index (κ2) is 5.68. The number of hydrogen-bond donors (Lipinski definition) is 0. The zero-order chi connectivity index (χ0) is 16.6. The zero-order valence-electron chi connectivity index (χ0n) is 11.9. The van der Waals surface area contributed by atoms with Crippen LogP contribution in [0.15, 0.2) is 35.3 Å². The van der Waals surface area contributed by atoms with Crippen LogP contribution in [-0.4, -0.2) is 27.8 Å². The van der Waals surface area contributed by atoms with Crippen LogP contribution in [0.2, 0.25) is 0 Å². The highest BCUT2D eigenvalue weighted by molar-refractivity contribution is 5.77. The largest absolute Gasteiger partial charge is 0.451 e. The number of hydrogen-bond acceptors (Lipinski definition) is 4. The zero-order valence-corrected chi connectivity index (χ0v) is 11.9. The van der Waals surface area contributed by atoms with Gasteiger partial charge in [0.1, 0.15) is 6.54 Å². The number of carbonyl (C=O) groups is 1. The first kappa shape index (κ1) is 15.5. The van der Waals surface area contributed by atoms with Gasteiger partial charge >= 0.3 is 12.1 Å². The quantitative estimate of drug-likeness (QED) is 0.809. The smallest absolute Gasteiger partial charge is 0.425 e. The molecule has 1 heterocycles. The molecule has 1 aliphatic rings. The van der Waals surface area contributed by atoms with Gasteiger partial charge in [0.05, 0.1) is 17.2 Å². The van der Waals surface area contributed by atoms with Crippen LogP contribution in [0.25, 0.3) is 11.0 Å². The molecular weight excluding hydrogens is 313 g/mol. The van der Waals surface area contributed by atoms with Crippen molar-refractivity contribution in [3.05, 3.63) is 40.8 Å². The Morgan fingerprint density at radius 2 is 2.04 bits per heavy atom. The number of alkyl halides is 3. The molecule has 0 spiro atoms. The molecular formula is C15H13F3N2O3. The van der Waals surface area contributed by atoms with E-state index in [-0.39, 0.29) is 0 Å². The predicted octanol–water partition coefficient (Wildman–Crippen LogP) is 2.28. The van der Waals surface area contributed by atoms with Gasteiger partial charge in [0, 0.05) is 5.92 Å². The Labute approximate surface area is 128 Å². The average molecular weight is 326 g/mol. The lowest BCUT2D eigenvalue weighted by Gasteiger charge is -2.20. The van der Waals surface area contributed by atoms with Crippen molar-refractivity contribution in [2.24, 2.45) is 5.92 Å². The molecule has 122 valence electrons. The molecule has 8 heteroatoms. The molecule has 0 bridgehead atoms. The predicted molar refractivity (Wildman–Crippen MR) is 74.7 cm³/mol. The van der Waals surface area contributed by atoms with Gasteiger partial charge in [-0.05, 0) is 25.0 Å². The summed E-state index contributed by atoms with van der Waals surface area (Å²) in [6, 6.07) is 6.56. The van der Waals surface area contributed by atoms with E-state index in [1.165, 1.54) is 0 Å². The summed E-state index contributed by atoms with van der Waals surface area (Å²) in [5.41, 5.74) is 0.261. The van der Waals surface area contributed by atoms with Crippen LogP contribution in [0.5, 0.6) is 0 Å². The highest BCUT2D eigenvalue weighted by atomic mass is 19.4. The highest BCUT2D eigenvalue weighted by Gasteiger charge is 2.51. The van der Waals surface area contributed by atoms with Crippen molar-refractivity contribution in [2.75, 3.05) is 0 Å². The second-order valence-corrected chi connectivity index (χ2v) is 5.46. The first-order valence-electron chi connectivity index (χ1n) is 7.07. The van der Waals surface area contributed by atoms with Crippen LogP contribution >= 0.6 is 0 Å². The van der Waals surface area contributed by atoms with Crippen molar-refractivity contribution in [3.8, 4) is 0 Å². The second-order valence-electron chi connectivity index (χ2n) is 5.46. The lowest BCUT2D eigenvalue weighted by Crippen LogP contribution is -2.37. The SMILES string of the molecule is O=C(Cn1c(=O)cnc2ccccc21)O[C@@H](C1CC1)C(F)(F)F. The number of halogens is 3. The van der Waals surface area contributed by atoms with Crippen molar-refractivity contribution in [1.29, 1.82) is 0 Å². The van der Waals surface area contributed by atoms with Crippen molar-refractivity contribution in [1.82, 2.24) is 9.55 Å². The summed E-state index contributed by atoms with van der Waals surface area (Å²) in [4.78, 5) is 27.7. The van der Waals surface area contributed by atoms with Gasteiger partial charge in [-0.15, -0.1) is 0 Å². The molecule has 0 radical (unpaired) electrons. The molecule has 1 saturated carbocycles. The Bertz CT molecular complexity index is 796. The Balaban J connectivity index is 1.83. The fraction of sp³-hybridized carbons (Fsp3) is 0.400. The molecule has 3 rings (SSSR count). The number of carbonyl (C=O) groups excluding carboxylic acids is 1. The molecule has 1 aromatic heterocycles. The number of fused-ring (bicyclic) bond motifs is 1. The molecule has 1 aliphatic carbocycles. The molecule has 0 amide bonds. The summed E-state index contributed by atoms with van der Waals surface area (Å²) in [5.74, 6) is -1.76. The van der Waals surface area contributed by atoms with Crippen LogP contribution in [0.3, 0.4) is 0 Å². The molecule has 1 fully saturated rings. The van der Waals surface area contributed by atoms with E-state index >= 15 is 0 Å². The van der Waals surface area contributed by atoms with Crippen LogP contribution in [0, 0.1) is 5.92 Å². The lowest BCUT2D eigenvalue weighted by atomic mass is 10.2. The molecule has 2 aromatic rings. The minimum atomic E-state index is -4.60. The van der Waals surface area contributed by atoms with Gasteiger partial charge < -0.3 is 4.74 Å². The number of para-hydroxylation sites is 2. The van der Waals surface area contributed by atoms with Gasteiger partial charge in [0.2, 0.25) is 0 Å². The number of ether oxygens (including phenoxy) is 1. The van der Waals surface area contributed by atoms with Crippen molar-refractivity contribution < 1.29 is 22.7 Å². The number of esters is 1. The number of benzene rings is 1. The average Bonchev–Trinajstić information content (AvgIpc) is 3.31. The molecule has 0 saturated heterocycles. The molecule has 1 atom stereocenters. The Kier molecular flexibility index (Phi) is 3.83. The summed E-state index contributed by atoms with van der Waals surface area (Å²) in [7, 11) is 0. The number of aromatic nitrogens is 2. The fourth-order valence-electron chi connectivity index (χ4n) is 2.42. The normalized spacial score (nSPS) is 16.3. The maximum absolute atomic E-state index is 12.9. The van der Waals surface area contributed by atoms with E-state index in [1.807, 2.05) is 0 Å². The summed E-state index contributed by atoms with van der Waals surface area (Å²) < 4.78 is 44.3. The molecule has 5 nitrogen and oxygen atoms in total. The summed E-state index contributed by atoms with van der Waals surface area (Å²) in [6.07, 6.45) is -4.90. The third kappa shape index (κ3) is 3.35. The van der Waals surface area contributed by atoms with E-state index in [4.69, 9.17) is 0 Å². The van der Waals surface area contributed by atoms with Crippen molar-refractivity contribution in [2.45, 2.75) is 31.7 Å². The fourth-order valence-corrected chi connectivity index (χ4v) is 2.42. The summed E-state index contributed by atoms with van der Waals surface area (Å²) in [5, 5.41) is 0. The first-order valence-corrected chi connectivity index (χ1v) is 7.07. The monoisotopic (exact) mass is 326 g/mol. The van der Waals surface area contributed by atoms with Crippen LogP contribution in [0.4, 0.5) is 13.2 Å². The maximum atomic E-state index is 12.9. The van der Waals surface area contributed by atoms with Gasteiger partial charge in [-0.25, -0.2) is 4.98 Å². The topological polar surface area (TPSA) is 61.2 Å². The standard InChI is InChI=1S/C15H13F3N2O3/c16-15(17,18)14(9-5-6-9)23-13(22)8-20-11-4-2-1-3-10(11)19-7-12(20)21/h1-4,7,9,14H,5-6,8H2/t14-/m0/s1. The van der Waals surface area contributed by atoms with Crippen molar-refractivity contribution in [3.63, 3.8) is 0 Å². The van der Waals surface area contributed by atoms with Crippen molar-refractivity contribution >= 4 is 17.0 Å². The van der Waals surface area contributed by atoms with Crippen LogP contribution in [-0.2, 0) is 16.1 Å².